The minimum absolute atomic E-state index is 0.0432. The van der Waals surface area contributed by atoms with Crippen LogP contribution in [0.5, 0.6) is 0 Å². The summed E-state index contributed by atoms with van der Waals surface area (Å²) in [4.78, 5) is 42.8. The minimum Gasteiger partial charge on any atom is -0.350 e. The first-order valence-electron chi connectivity index (χ1n) is 12.7. The van der Waals surface area contributed by atoms with E-state index in [9.17, 15) is 18.8 Å². The van der Waals surface area contributed by atoms with Gasteiger partial charge in [0.1, 0.15) is 5.82 Å². The van der Waals surface area contributed by atoms with Gasteiger partial charge in [0.05, 0.1) is 5.56 Å². The molecule has 2 fully saturated rings. The lowest BCUT2D eigenvalue weighted by atomic mass is 9.89. The number of Topliss-reactive ketones (excluding diaryl/α,β-unsaturated/α-hetero) is 1. The number of piperidine rings is 1. The van der Waals surface area contributed by atoms with Crippen molar-refractivity contribution in [1.29, 1.82) is 0 Å². The molecule has 1 aromatic heterocycles. The molecule has 0 radical (unpaired) electrons. The summed E-state index contributed by atoms with van der Waals surface area (Å²) in [5, 5.41) is 0.639. The van der Waals surface area contributed by atoms with Gasteiger partial charge in [-0.3, -0.25) is 14.4 Å². The highest BCUT2D eigenvalue weighted by atomic mass is 19.1. The molecule has 1 saturated carbocycles. The van der Waals surface area contributed by atoms with Crippen molar-refractivity contribution in [3.8, 4) is 0 Å². The highest BCUT2D eigenvalue weighted by Crippen LogP contribution is 2.30. The standard InChI is InChI=1S/C29H32FN3O3/c1-18-14-26-24(25(17-31(26)2)27(34)29(36)32(3)22-8-9-22)16-23(18)28(35)33-12-10-20(11-13-33)15-19-4-6-21(30)7-5-19/h4-7,14,16-17,20,22H,8-13,15H2,1-3H3. The summed E-state index contributed by atoms with van der Waals surface area (Å²) < 4.78 is 15.0. The molecule has 36 heavy (non-hydrogen) atoms. The monoisotopic (exact) mass is 489 g/mol. The van der Waals surface area contributed by atoms with Crippen molar-refractivity contribution in [2.75, 3.05) is 20.1 Å². The van der Waals surface area contributed by atoms with Gasteiger partial charge in [-0.05, 0) is 80.3 Å². The van der Waals surface area contributed by atoms with Gasteiger partial charge in [-0.25, -0.2) is 4.39 Å². The molecule has 0 unspecified atom stereocenters. The first-order valence-corrected chi connectivity index (χ1v) is 12.7. The number of fused-ring (bicyclic) bond motifs is 1. The second-order valence-electron chi connectivity index (χ2n) is 10.4. The van der Waals surface area contributed by atoms with Crippen molar-refractivity contribution in [3.05, 3.63) is 70.7 Å². The lowest BCUT2D eigenvalue weighted by Gasteiger charge is -2.32. The van der Waals surface area contributed by atoms with Crippen molar-refractivity contribution in [2.24, 2.45) is 13.0 Å². The van der Waals surface area contributed by atoms with Crippen LogP contribution in [-0.2, 0) is 18.3 Å². The molecular weight excluding hydrogens is 457 g/mol. The quantitative estimate of drug-likeness (QED) is 0.378. The number of carbonyl (C=O) groups is 3. The van der Waals surface area contributed by atoms with E-state index in [2.05, 4.69) is 0 Å². The Kier molecular flexibility index (Phi) is 6.41. The van der Waals surface area contributed by atoms with Crippen molar-refractivity contribution in [2.45, 2.75) is 45.1 Å². The highest BCUT2D eigenvalue weighted by molar-refractivity contribution is 6.45. The number of carbonyl (C=O) groups excluding carboxylic acids is 3. The molecule has 6 nitrogen and oxygen atoms in total. The Balaban J connectivity index is 1.33. The van der Waals surface area contributed by atoms with Gasteiger partial charge in [-0.2, -0.15) is 0 Å². The topological polar surface area (TPSA) is 62.6 Å². The maximum atomic E-state index is 13.5. The molecule has 5 rings (SSSR count). The average Bonchev–Trinajstić information content (AvgIpc) is 3.68. The van der Waals surface area contributed by atoms with Gasteiger partial charge < -0.3 is 14.4 Å². The number of benzene rings is 2. The molecule has 0 N–H and O–H groups in total. The molecule has 2 aliphatic rings. The number of aromatic nitrogens is 1. The number of likely N-dealkylation sites (tertiary alicyclic amines) is 1. The molecule has 188 valence electrons. The summed E-state index contributed by atoms with van der Waals surface area (Å²) in [6, 6.07) is 10.5. The maximum Gasteiger partial charge on any atom is 0.295 e. The predicted octanol–water partition coefficient (Wildman–Crippen LogP) is 4.52. The fraction of sp³-hybridized carbons (Fsp3) is 0.414. The van der Waals surface area contributed by atoms with Crippen LogP contribution in [0.15, 0.2) is 42.6 Å². The van der Waals surface area contributed by atoms with Crippen molar-refractivity contribution in [1.82, 2.24) is 14.4 Å². The van der Waals surface area contributed by atoms with E-state index in [1.54, 1.807) is 19.3 Å². The fourth-order valence-corrected chi connectivity index (χ4v) is 5.31. The summed E-state index contributed by atoms with van der Waals surface area (Å²) in [7, 11) is 3.53. The van der Waals surface area contributed by atoms with Crippen LogP contribution >= 0.6 is 0 Å². The van der Waals surface area contributed by atoms with Gasteiger partial charge in [0, 0.05) is 55.9 Å². The molecule has 2 aromatic carbocycles. The summed E-state index contributed by atoms with van der Waals surface area (Å²) >= 11 is 0. The van der Waals surface area contributed by atoms with Gasteiger partial charge in [-0.1, -0.05) is 12.1 Å². The number of rotatable bonds is 6. The molecular formula is C29H32FN3O3. The molecule has 0 spiro atoms. The molecule has 3 aromatic rings. The number of amides is 2. The second kappa shape index (κ2) is 9.52. The summed E-state index contributed by atoms with van der Waals surface area (Å²) in [5.74, 6) is -0.844. The number of likely N-dealkylation sites (N-methyl/N-ethyl adjacent to an activating group) is 1. The average molecular weight is 490 g/mol. The third-order valence-corrected chi connectivity index (χ3v) is 7.76. The van der Waals surface area contributed by atoms with Gasteiger partial charge in [-0.15, -0.1) is 0 Å². The number of hydrogen-bond donors (Lipinski definition) is 0. The van der Waals surface area contributed by atoms with Gasteiger partial charge >= 0.3 is 0 Å². The molecule has 0 atom stereocenters. The van der Waals surface area contributed by atoms with Crippen molar-refractivity contribution < 1.29 is 18.8 Å². The van der Waals surface area contributed by atoms with Crippen molar-refractivity contribution in [3.63, 3.8) is 0 Å². The van der Waals surface area contributed by atoms with E-state index in [1.165, 1.54) is 17.0 Å². The zero-order valence-electron chi connectivity index (χ0n) is 21.1. The summed E-state index contributed by atoms with van der Waals surface area (Å²) in [5.41, 5.74) is 3.71. The van der Waals surface area contributed by atoms with E-state index in [-0.39, 0.29) is 17.8 Å². The Morgan fingerprint density at radius 1 is 1.00 bits per heavy atom. The summed E-state index contributed by atoms with van der Waals surface area (Å²) in [6.07, 6.45) is 6.22. The Hall–Kier alpha value is -3.48. The number of nitrogens with zero attached hydrogens (tertiary/aromatic N) is 3. The molecule has 1 aliphatic heterocycles. The third-order valence-electron chi connectivity index (χ3n) is 7.76. The lowest BCUT2D eigenvalue weighted by molar-refractivity contribution is -0.125. The van der Waals surface area contributed by atoms with Gasteiger partial charge in [0.15, 0.2) is 0 Å². The molecule has 7 heteroatoms. The SMILES string of the molecule is Cc1cc2c(cc1C(=O)N1CCC(Cc3ccc(F)cc3)CC1)c(C(=O)C(=O)N(C)C1CC1)cn2C. The van der Waals surface area contributed by atoms with E-state index in [1.807, 2.05) is 41.6 Å². The first-order chi connectivity index (χ1) is 17.2. The molecule has 2 amide bonds. The van der Waals surface area contributed by atoms with E-state index >= 15 is 0 Å². The normalized spacial score (nSPS) is 16.4. The number of hydrogen-bond acceptors (Lipinski definition) is 3. The van der Waals surface area contributed by atoms with Crippen LogP contribution in [0.2, 0.25) is 0 Å². The van der Waals surface area contributed by atoms with Crippen LogP contribution in [0.4, 0.5) is 4.39 Å². The Morgan fingerprint density at radius 2 is 1.67 bits per heavy atom. The number of aryl methyl sites for hydroxylation is 2. The second-order valence-corrected chi connectivity index (χ2v) is 10.4. The third kappa shape index (κ3) is 4.66. The Labute approximate surface area is 210 Å². The zero-order chi connectivity index (χ0) is 25.6. The largest absolute Gasteiger partial charge is 0.350 e. The number of ketones is 1. The van der Waals surface area contributed by atoms with Crippen LogP contribution in [0.1, 0.15) is 57.5 Å². The Morgan fingerprint density at radius 3 is 2.31 bits per heavy atom. The van der Waals surface area contributed by atoms with E-state index in [0.29, 0.717) is 35.5 Å². The van der Waals surface area contributed by atoms with E-state index < -0.39 is 11.7 Å². The summed E-state index contributed by atoms with van der Waals surface area (Å²) in [6.45, 7) is 3.23. The fourth-order valence-electron chi connectivity index (χ4n) is 5.31. The lowest BCUT2D eigenvalue weighted by Crippen LogP contribution is -2.39. The van der Waals surface area contributed by atoms with E-state index in [0.717, 1.165) is 48.7 Å². The minimum atomic E-state index is -0.529. The van der Waals surface area contributed by atoms with Crippen LogP contribution in [0.3, 0.4) is 0 Å². The van der Waals surface area contributed by atoms with Crippen LogP contribution < -0.4 is 0 Å². The smallest absolute Gasteiger partial charge is 0.295 e. The first kappa shape index (κ1) is 24.2. The van der Waals surface area contributed by atoms with E-state index in [4.69, 9.17) is 0 Å². The van der Waals surface area contributed by atoms with Gasteiger partial charge in [0.25, 0.3) is 17.6 Å². The molecule has 1 aliphatic carbocycles. The van der Waals surface area contributed by atoms with Gasteiger partial charge in [0.2, 0.25) is 0 Å². The highest BCUT2D eigenvalue weighted by Gasteiger charge is 2.34. The molecule has 1 saturated heterocycles. The van der Waals surface area contributed by atoms with Crippen LogP contribution in [0.25, 0.3) is 10.9 Å². The number of halogens is 1. The Bertz CT molecular complexity index is 1330. The van der Waals surface area contributed by atoms with Crippen LogP contribution in [0, 0.1) is 18.7 Å². The molecule has 0 bridgehead atoms. The predicted molar refractivity (Wildman–Crippen MR) is 137 cm³/mol. The van der Waals surface area contributed by atoms with Crippen molar-refractivity contribution >= 4 is 28.5 Å². The zero-order valence-corrected chi connectivity index (χ0v) is 21.1. The molecule has 2 heterocycles. The van der Waals surface area contributed by atoms with Crippen LogP contribution in [-0.4, -0.2) is 58.1 Å². The maximum absolute atomic E-state index is 13.5.